The van der Waals surface area contributed by atoms with Crippen LogP contribution in [0.3, 0.4) is 0 Å². The average molecular weight is 982 g/mol. The third kappa shape index (κ3) is 449. The molecule has 0 rings (SSSR count). The first-order chi connectivity index (χ1) is 23.0. The predicted octanol–water partition coefficient (Wildman–Crippen LogP) is -1.93. The molecule has 0 aromatic rings. The van der Waals surface area contributed by atoms with Gasteiger partial charge in [-0.2, -0.15) is 0 Å². The maximum atomic E-state index is 9.53. The van der Waals surface area contributed by atoms with Crippen LogP contribution in [0.5, 0.6) is 0 Å². The Labute approximate surface area is 411 Å². The summed E-state index contributed by atoms with van der Waals surface area (Å²) in [5, 5.41) is 132. The Balaban J connectivity index is -0.0000000233. The standard InChI is InChI=1S/2C5H12O3.3C3H8O.6C3H7O.CH3.4Ti/c2*1-5(2-6,3-7)4-8;9*1-3(2)4;;;;;/h2*6-8H,2-4H2,1H3;3*3-4H,1-2H3;6*3H,1-2H3;1H3;;;;/q;;;;;7*-1;;;;. The second kappa shape index (κ2) is 85.5. The Morgan fingerprint density at radius 2 is 0.333 bits per heavy atom. The van der Waals surface area contributed by atoms with Crippen LogP contribution in [0, 0.1) is 18.3 Å². The summed E-state index contributed by atoms with van der Waals surface area (Å²) in [5.41, 5.74) is -1.42. The number of aliphatic hydroxyl groups excluding tert-OH is 9. The molecule has 0 aliphatic rings. The van der Waals surface area contributed by atoms with Crippen LogP contribution < -0.4 is 30.6 Å². The van der Waals surface area contributed by atoms with Crippen molar-refractivity contribution in [2.45, 2.75) is 193 Å². The van der Waals surface area contributed by atoms with Gasteiger partial charge in [0.2, 0.25) is 0 Å². The van der Waals surface area contributed by atoms with E-state index in [1.54, 1.807) is 138 Å². The fraction of sp³-hybridized carbons (Fsp3) is 0.974. The van der Waals surface area contributed by atoms with E-state index in [2.05, 4.69) is 0 Å². The molecule has 0 amide bonds. The van der Waals surface area contributed by atoms with E-state index in [0.29, 0.717) is 0 Å². The first kappa shape index (κ1) is 107. The van der Waals surface area contributed by atoms with Crippen molar-refractivity contribution in [1.29, 1.82) is 0 Å². The number of hydrogen-bond donors (Lipinski definition) is 9. The van der Waals surface area contributed by atoms with Crippen molar-refractivity contribution in [2.75, 3.05) is 39.6 Å². The van der Waals surface area contributed by atoms with E-state index in [9.17, 15) is 30.6 Å². The summed E-state index contributed by atoms with van der Waals surface area (Å²) in [6.07, 6.45) is -3.00. The van der Waals surface area contributed by atoms with E-state index in [1.165, 1.54) is 0 Å². The van der Waals surface area contributed by atoms with Crippen LogP contribution in [0.2, 0.25) is 0 Å². The van der Waals surface area contributed by atoms with Crippen LogP contribution in [0.4, 0.5) is 0 Å². The number of rotatable bonds is 6. The van der Waals surface area contributed by atoms with E-state index in [0.717, 1.165) is 0 Å². The normalized spacial score (nSPS) is 9.05. The maximum Gasteiger partial charge on any atom is 0.0528 e. The van der Waals surface area contributed by atoms with E-state index < -0.39 is 47.5 Å². The summed E-state index contributed by atoms with van der Waals surface area (Å²) in [4.78, 5) is 0. The summed E-state index contributed by atoms with van der Waals surface area (Å²) in [6, 6.07) is 0. The molecule has 358 valence electrons. The molecule has 0 fully saturated rings. The molecule has 0 saturated heterocycles. The molecule has 0 bridgehead atoms. The van der Waals surface area contributed by atoms with Crippen molar-refractivity contribution in [3.05, 3.63) is 7.43 Å². The molecule has 0 aliphatic heterocycles. The topological polar surface area (TPSA) is 320 Å². The Bertz CT molecular complexity index is 386. The molecule has 0 radical (unpaired) electrons. The van der Waals surface area contributed by atoms with Gasteiger partial charge in [0.1, 0.15) is 0 Å². The molecule has 19 heteroatoms. The van der Waals surface area contributed by atoms with Crippen molar-refractivity contribution < 1.29 is 163 Å². The van der Waals surface area contributed by atoms with Gasteiger partial charge in [0.25, 0.3) is 0 Å². The molecule has 0 atom stereocenters. The molecule has 15 nitrogen and oxygen atoms in total. The molecule has 0 aliphatic carbocycles. The quantitative estimate of drug-likeness (QED) is 0.103. The first-order valence-electron chi connectivity index (χ1n) is 17.6. The second-order valence-corrected chi connectivity index (χ2v) is 14.1. The minimum Gasteiger partial charge on any atom is -0.852 e. The van der Waals surface area contributed by atoms with Gasteiger partial charge >= 0.3 is 0 Å². The summed E-state index contributed by atoms with van der Waals surface area (Å²) < 4.78 is 0. The minimum atomic E-state index is -0.708. The zero-order valence-electron chi connectivity index (χ0n) is 39.9. The molecule has 0 spiro atoms. The summed E-state index contributed by atoms with van der Waals surface area (Å²) >= 11 is 0. The zero-order chi connectivity index (χ0) is 45.4. The van der Waals surface area contributed by atoms with Gasteiger partial charge in [0, 0.05) is 116 Å². The SMILES string of the molecule is CC(C)O.CC(C)O.CC(C)O.CC(C)[O-].CC(C)[O-].CC(C)[O-].CC(C)[O-].CC(C)[O-].CC(C)[O-].CC(CO)(CO)CO.CC(CO)(CO)CO.[CH3-].[Ti].[Ti].[Ti].[Ti]. The third-order valence-electron chi connectivity index (χ3n) is 2.29. The summed E-state index contributed by atoms with van der Waals surface area (Å²) in [7, 11) is 0. The van der Waals surface area contributed by atoms with Crippen LogP contribution in [0.1, 0.15) is 138 Å². The van der Waals surface area contributed by atoms with Gasteiger partial charge in [-0.1, -0.05) is 96.9 Å². The smallest absolute Gasteiger partial charge is 0.0528 e. The van der Waals surface area contributed by atoms with Crippen LogP contribution in [-0.2, 0) is 86.9 Å². The van der Waals surface area contributed by atoms with E-state index >= 15 is 0 Å². The second-order valence-electron chi connectivity index (χ2n) is 14.1. The molecule has 0 aromatic heterocycles. The van der Waals surface area contributed by atoms with Crippen LogP contribution in [0.25, 0.3) is 0 Å². The first-order valence-corrected chi connectivity index (χ1v) is 17.6. The monoisotopic (exact) mass is 981 g/mol. The van der Waals surface area contributed by atoms with Gasteiger partial charge in [0.05, 0.1) is 39.6 Å². The Kier molecular flexibility index (Phi) is 161. The Morgan fingerprint density at radius 3 is 0.333 bits per heavy atom. The van der Waals surface area contributed by atoms with Gasteiger partial charge in [-0.15, -0.1) is 36.6 Å². The van der Waals surface area contributed by atoms with Gasteiger partial charge in [-0.05, 0) is 41.5 Å². The number of hydrogen-bond acceptors (Lipinski definition) is 15. The predicted molar refractivity (Wildman–Crippen MR) is 208 cm³/mol. The fourth-order valence-corrected chi connectivity index (χ4v) is 0.300. The van der Waals surface area contributed by atoms with Gasteiger partial charge in [-0.25, -0.2) is 0 Å². The Hall–Kier alpha value is 2.26. The van der Waals surface area contributed by atoms with Crippen LogP contribution in [0.15, 0.2) is 0 Å². The Morgan fingerprint density at radius 1 is 0.298 bits per heavy atom. The molecule has 0 unspecified atom stereocenters. The number of aliphatic hydroxyl groups is 9. The van der Waals surface area contributed by atoms with E-state index in [1.807, 2.05) is 0 Å². The molecular formula is C38H93O15Ti4-7. The summed E-state index contributed by atoms with van der Waals surface area (Å²) in [6.45, 7) is 31.8. The molecule has 0 heterocycles. The average Bonchev–Trinajstić information content (AvgIpc) is 2.90. The largest absolute Gasteiger partial charge is 0.852 e. The van der Waals surface area contributed by atoms with Crippen LogP contribution >= 0.6 is 0 Å². The van der Waals surface area contributed by atoms with Crippen LogP contribution in [-0.4, -0.2) is 141 Å². The van der Waals surface area contributed by atoms with Gasteiger partial charge in [-0.3, -0.25) is 0 Å². The van der Waals surface area contributed by atoms with E-state index in [-0.39, 0.29) is 152 Å². The molecule has 9 N–H and O–H groups in total. The third-order valence-corrected chi connectivity index (χ3v) is 2.29. The molecule has 0 saturated carbocycles. The van der Waals surface area contributed by atoms with Crippen molar-refractivity contribution in [2.24, 2.45) is 10.8 Å². The van der Waals surface area contributed by atoms with Gasteiger partial charge in [0.15, 0.2) is 0 Å². The molecule has 57 heavy (non-hydrogen) atoms. The molecule has 0 aromatic carbocycles. The van der Waals surface area contributed by atoms with Crippen molar-refractivity contribution in [1.82, 2.24) is 0 Å². The van der Waals surface area contributed by atoms with Crippen molar-refractivity contribution >= 4 is 0 Å². The fourth-order valence-electron chi connectivity index (χ4n) is 0.300. The van der Waals surface area contributed by atoms with Gasteiger partial charge < -0.3 is 84.0 Å². The zero-order valence-corrected chi connectivity index (χ0v) is 46.2. The van der Waals surface area contributed by atoms with E-state index in [4.69, 9.17) is 46.0 Å². The van der Waals surface area contributed by atoms with Crippen molar-refractivity contribution in [3.63, 3.8) is 0 Å². The van der Waals surface area contributed by atoms with Crippen molar-refractivity contribution in [3.8, 4) is 0 Å². The minimum absolute atomic E-state index is 0. The maximum absolute atomic E-state index is 9.53. The summed E-state index contributed by atoms with van der Waals surface area (Å²) in [5.74, 6) is 0. The molecular weight excluding hydrogens is 888 g/mol.